The fourth-order valence-electron chi connectivity index (χ4n) is 4.39. The monoisotopic (exact) mass is 429 g/mol. The van der Waals surface area contributed by atoms with Crippen LogP contribution in [0.15, 0.2) is 53.8 Å². The third kappa shape index (κ3) is 3.21. The first kappa shape index (κ1) is 18.6. The zero-order valence-corrected chi connectivity index (χ0v) is 17.3. The maximum atomic E-state index is 12.8. The lowest BCUT2D eigenvalue weighted by Gasteiger charge is -2.15. The van der Waals surface area contributed by atoms with E-state index in [1.807, 2.05) is 18.5 Å². The van der Waals surface area contributed by atoms with Crippen LogP contribution in [0.5, 0.6) is 0 Å². The van der Waals surface area contributed by atoms with Crippen LogP contribution in [0.4, 0.5) is 0 Å². The van der Waals surface area contributed by atoms with Crippen LogP contribution in [0, 0.1) is 5.92 Å². The van der Waals surface area contributed by atoms with Crippen molar-refractivity contribution in [1.29, 1.82) is 0 Å². The molecular formula is C20H20ClN5O2S. The van der Waals surface area contributed by atoms with Crippen molar-refractivity contribution in [1.82, 2.24) is 24.1 Å². The Balaban J connectivity index is 1.45. The summed E-state index contributed by atoms with van der Waals surface area (Å²) in [7, 11) is -3.63. The van der Waals surface area contributed by atoms with Crippen LogP contribution in [0.1, 0.15) is 31.5 Å². The Morgan fingerprint density at radius 1 is 1.21 bits per heavy atom. The second-order valence-electron chi connectivity index (χ2n) is 7.68. The van der Waals surface area contributed by atoms with Gasteiger partial charge in [0.2, 0.25) is 10.0 Å². The van der Waals surface area contributed by atoms with Gasteiger partial charge in [0.05, 0.1) is 28.3 Å². The lowest BCUT2D eigenvalue weighted by molar-refractivity contribution is 0.508. The highest BCUT2D eigenvalue weighted by atomic mass is 35.5. The Kier molecular flexibility index (Phi) is 4.38. The molecule has 9 heteroatoms. The fraction of sp³-hybridized carbons (Fsp3) is 0.300. The molecule has 150 valence electrons. The van der Waals surface area contributed by atoms with Gasteiger partial charge in [0.15, 0.2) is 5.65 Å². The molecule has 2 N–H and O–H groups in total. The van der Waals surface area contributed by atoms with Gasteiger partial charge in [-0.15, -0.1) is 0 Å². The Bertz CT molecular complexity index is 1310. The predicted molar refractivity (Wildman–Crippen MR) is 112 cm³/mol. The second kappa shape index (κ2) is 6.83. The zero-order chi connectivity index (χ0) is 20.2. The molecule has 5 rings (SSSR count). The van der Waals surface area contributed by atoms with E-state index >= 15 is 0 Å². The summed E-state index contributed by atoms with van der Waals surface area (Å²) in [6.45, 7) is 2.15. The summed E-state index contributed by atoms with van der Waals surface area (Å²) < 4.78 is 30.6. The number of benzene rings is 1. The van der Waals surface area contributed by atoms with Crippen LogP contribution < -0.4 is 4.72 Å². The molecule has 0 unspecified atom stereocenters. The molecule has 7 nitrogen and oxygen atoms in total. The number of aromatic nitrogens is 4. The molecule has 3 heterocycles. The van der Waals surface area contributed by atoms with Crippen molar-refractivity contribution in [3.8, 4) is 0 Å². The van der Waals surface area contributed by atoms with Gasteiger partial charge >= 0.3 is 0 Å². The van der Waals surface area contributed by atoms with Crippen LogP contribution in [0.2, 0.25) is 5.02 Å². The highest BCUT2D eigenvalue weighted by Crippen LogP contribution is 2.40. The van der Waals surface area contributed by atoms with Crippen molar-refractivity contribution in [2.45, 2.75) is 36.6 Å². The van der Waals surface area contributed by atoms with Gasteiger partial charge in [-0.05, 0) is 43.0 Å². The number of hydrogen-bond acceptors (Lipinski definition) is 4. The van der Waals surface area contributed by atoms with Gasteiger partial charge in [-0.25, -0.2) is 23.1 Å². The van der Waals surface area contributed by atoms with E-state index in [1.54, 1.807) is 24.4 Å². The SMILES string of the molecule is C[C@@H]1C[C@H](NS(=O)(=O)c2cccc(Cl)c2)C[C@@H]1c1ncc2cnc3[nH]ccc3n12. The molecule has 1 aromatic carbocycles. The largest absolute Gasteiger partial charge is 0.345 e. The molecule has 0 aliphatic heterocycles. The van der Waals surface area contributed by atoms with E-state index in [9.17, 15) is 8.42 Å². The second-order valence-corrected chi connectivity index (χ2v) is 9.83. The third-order valence-electron chi connectivity index (χ3n) is 5.73. The summed E-state index contributed by atoms with van der Waals surface area (Å²) in [5, 5.41) is 0.401. The molecule has 1 saturated carbocycles. The molecule has 1 aliphatic carbocycles. The number of halogens is 1. The van der Waals surface area contributed by atoms with Crippen molar-refractivity contribution >= 4 is 38.3 Å². The quantitative estimate of drug-likeness (QED) is 0.517. The van der Waals surface area contributed by atoms with Gasteiger partial charge in [-0.2, -0.15) is 0 Å². The van der Waals surface area contributed by atoms with Gasteiger partial charge in [0.1, 0.15) is 5.82 Å². The molecule has 29 heavy (non-hydrogen) atoms. The molecule has 0 bridgehead atoms. The minimum Gasteiger partial charge on any atom is -0.345 e. The van der Waals surface area contributed by atoms with E-state index in [0.717, 1.165) is 28.9 Å². The predicted octanol–water partition coefficient (Wildman–Crippen LogP) is 3.72. The number of nitrogens with one attached hydrogen (secondary N) is 2. The number of imidazole rings is 1. The lowest BCUT2D eigenvalue weighted by atomic mass is 9.97. The van der Waals surface area contributed by atoms with Crippen LogP contribution in [-0.4, -0.2) is 33.8 Å². The normalized spacial score (nSPS) is 22.6. The first-order chi connectivity index (χ1) is 13.9. The van der Waals surface area contributed by atoms with Gasteiger partial charge in [0.25, 0.3) is 0 Å². The van der Waals surface area contributed by atoms with E-state index in [0.29, 0.717) is 11.4 Å². The number of hydrogen-bond donors (Lipinski definition) is 2. The number of H-pyrrole nitrogens is 1. The van der Waals surface area contributed by atoms with Crippen LogP contribution >= 0.6 is 11.6 Å². The van der Waals surface area contributed by atoms with Crippen LogP contribution in [0.25, 0.3) is 16.7 Å². The summed E-state index contributed by atoms with van der Waals surface area (Å²) >= 11 is 5.96. The minimum absolute atomic E-state index is 0.144. The van der Waals surface area contributed by atoms with Crippen molar-refractivity contribution in [3.05, 3.63) is 59.8 Å². The zero-order valence-electron chi connectivity index (χ0n) is 15.7. The maximum Gasteiger partial charge on any atom is 0.240 e. The first-order valence-corrected chi connectivity index (χ1v) is 11.4. The van der Waals surface area contributed by atoms with E-state index < -0.39 is 10.0 Å². The molecule has 1 fully saturated rings. The number of nitrogens with zero attached hydrogens (tertiary/aromatic N) is 3. The molecular weight excluding hydrogens is 410 g/mol. The van der Waals surface area contributed by atoms with Gasteiger partial charge in [-0.3, -0.25) is 4.40 Å². The van der Waals surface area contributed by atoms with Crippen molar-refractivity contribution < 1.29 is 8.42 Å². The van der Waals surface area contributed by atoms with Gasteiger partial charge in [-0.1, -0.05) is 24.6 Å². The van der Waals surface area contributed by atoms with Crippen LogP contribution in [0.3, 0.4) is 0 Å². The summed E-state index contributed by atoms with van der Waals surface area (Å²) in [5.74, 6) is 1.38. The average molecular weight is 430 g/mol. The maximum absolute atomic E-state index is 12.8. The fourth-order valence-corrected chi connectivity index (χ4v) is 5.95. The summed E-state index contributed by atoms with van der Waals surface area (Å²) in [6.07, 6.45) is 6.93. The van der Waals surface area contributed by atoms with Crippen LogP contribution in [-0.2, 0) is 10.0 Å². The highest BCUT2D eigenvalue weighted by Gasteiger charge is 2.37. The summed E-state index contributed by atoms with van der Waals surface area (Å²) in [6, 6.07) is 8.16. The standard InChI is InChI=1S/C20H20ClN5O2S/c1-12-7-14(25-29(27,28)16-4-2-3-13(21)8-16)9-17(12)20-24-11-15-10-23-19-18(26(15)20)5-6-22-19/h2-6,8,10-12,14,17,22,25H,7,9H2,1H3/t12-,14+,17+/m1/s1. The first-order valence-electron chi connectivity index (χ1n) is 9.50. The molecule has 0 saturated heterocycles. The van der Waals surface area contributed by atoms with E-state index in [1.165, 1.54) is 6.07 Å². The minimum atomic E-state index is -3.63. The van der Waals surface area contributed by atoms with E-state index in [4.69, 9.17) is 11.6 Å². The molecule has 0 spiro atoms. The number of sulfonamides is 1. The number of rotatable bonds is 4. The Hall–Kier alpha value is -2.42. The van der Waals surface area contributed by atoms with Gasteiger partial charge in [0, 0.05) is 23.2 Å². The lowest BCUT2D eigenvalue weighted by Crippen LogP contribution is -2.33. The molecule has 1 aliphatic rings. The van der Waals surface area contributed by atoms with E-state index in [2.05, 4.69) is 31.0 Å². The summed E-state index contributed by atoms with van der Waals surface area (Å²) in [5.41, 5.74) is 2.72. The Morgan fingerprint density at radius 3 is 2.86 bits per heavy atom. The summed E-state index contributed by atoms with van der Waals surface area (Å²) in [4.78, 5) is 12.4. The molecule has 3 aromatic heterocycles. The molecule has 0 radical (unpaired) electrons. The molecule has 0 amide bonds. The Labute approximate surface area is 173 Å². The highest BCUT2D eigenvalue weighted by molar-refractivity contribution is 7.89. The smallest absolute Gasteiger partial charge is 0.240 e. The third-order valence-corrected chi connectivity index (χ3v) is 7.48. The van der Waals surface area contributed by atoms with Crippen molar-refractivity contribution in [2.75, 3.05) is 0 Å². The number of fused-ring (bicyclic) bond motifs is 3. The number of aromatic amines is 1. The van der Waals surface area contributed by atoms with Crippen molar-refractivity contribution in [2.24, 2.45) is 5.92 Å². The molecule has 4 aromatic rings. The average Bonchev–Trinajstić information content (AvgIpc) is 3.38. The van der Waals surface area contributed by atoms with Crippen molar-refractivity contribution in [3.63, 3.8) is 0 Å². The topological polar surface area (TPSA) is 92.2 Å². The molecule has 3 atom stereocenters. The van der Waals surface area contributed by atoms with Gasteiger partial charge < -0.3 is 4.98 Å². The Morgan fingerprint density at radius 2 is 2.03 bits per heavy atom. The van der Waals surface area contributed by atoms with E-state index in [-0.39, 0.29) is 22.8 Å².